The van der Waals surface area contributed by atoms with E-state index in [9.17, 15) is 22.0 Å². The highest BCUT2D eigenvalue weighted by atomic mass is 32.2. The average Bonchev–Trinajstić information content (AvgIpc) is 2.67. The SMILES string of the molecule is CC[C@H](NC(=O)[C@H](C)N(c1ccc(F)c(F)c1)S(C)(=O)=O)c1ccc(OC)cc1. The largest absolute Gasteiger partial charge is 0.497 e. The van der Waals surface area contributed by atoms with Gasteiger partial charge < -0.3 is 10.1 Å². The zero-order valence-electron chi connectivity index (χ0n) is 16.6. The minimum absolute atomic E-state index is 0.133. The number of amides is 1. The van der Waals surface area contributed by atoms with Crippen LogP contribution < -0.4 is 14.4 Å². The highest BCUT2D eigenvalue weighted by Crippen LogP contribution is 2.25. The summed E-state index contributed by atoms with van der Waals surface area (Å²) < 4.78 is 57.3. The maximum Gasteiger partial charge on any atom is 0.244 e. The first kappa shape index (κ1) is 22.6. The molecular weight excluding hydrogens is 402 g/mol. The second kappa shape index (κ2) is 9.21. The first-order valence-corrected chi connectivity index (χ1v) is 10.8. The van der Waals surface area contributed by atoms with Crippen LogP contribution in [0.2, 0.25) is 0 Å². The van der Waals surface area contributed by atoms with Crippen molar-refractivity contribution in [2.24, 2.45) is 0 Å². The summed E-state index contributed by atoms with van der Waals surface area (Å²) in [5.41, 5.74) is 0.694. The van der Waals surface area contributed by atoms with Gasteiger partial charge in [-0.05, 0) is 43.2 Å². The van der Waals surface area contributed by atoms with E-state index < -0.39 is 33.6 Å². The first-order chi connectivity index (χ1) is 13.6. The predicted octanol–water partition coefficient (Wildman–Crippen LogP) is 3.40. The number of rotatable bonds is 8. The Morgan fingerprint density at radius 2 is 1.76 bits per heavy atom. The van der Waals surface area contributed by atoms with Gasteiger partial charge in [-0.3, -0.25) is 9.10 Å². The lowest BCUT2D eigenvalue weighted by molar-refractivity contribution is -0.122. The molecule has 158 valence electrons. The minimum atomic E-state index is -3.94. The normalized spacial score (nSPS) is 13.4. The van der Waals surface area contributed by atoms with Crippen molar-refractivity contribution in [1.29, 1.82) is 0 Å². The third-order valence-electron chi connectivity index (χ3n) is 4.49. The van der Waals surface area contributed by atoms with Gasteiger partial charge in [0, 0.05) is 6.07 Å². The number of nitrogens with one attached hydrogen (secondary N) is 1. The topological polar surface area (TPSA) is 75.7 Å². The fourth-order valence-electron chi connectivity index (χ4n) is 2.98. The van der Waals surface area contributed by atoms with Crippen LogP contribution in [0.1, 0.15) is 31.9 Å². The van der Waals surface area contributed by atoms with Crippen molar-refractivity contribution in [1.82, 2.24) is 5.32 Å². The van der Waals surface area contributed by atoms with Crippen molar-refractivity contribution in [2.75, 3.05) is 17.7 Å². The monoisotopic (exact) mass is 426 g/mol. The Hall–Kier alpha value is -2.68. The van der Waals surface area contributed by atoms with Crippen molar-refractivity contribution in [3.05, 3.63) is 59.7 Å². The Morgan fingerprint density at radius 3 is 2.24 bits per heavy atom. The lowest BCUT2D eigenvalue weighted by Gasteiger charge is -2.30. The van der Waals surface area contributed by atoms with Crippen molar-refractivity contribution in [3.8, 4) is 5.75 Å². The smallest absolute Gasteiger partial charge is 0.244 e. The molecule has 9 heteroatoms. The molecule has 0 fully saturated rings. The highest BCUT2D eigenvalue weighted by molar-refractivity contribution is 7.92. The first-order valence-electron chi connectivity index (χ1n) is 8.97. The molecular formula is C20H24F2N2O4S. The molecule has 0 spiro atoms. The van der Waals surface area contributed by atoms with Gasteiger partial charge in [0.2, 0.25) is 15.9 Å². The lowest BCUT2D eigenvalue weighted by atomic mass is 10.0. The highest BCUT2D eigenvalue weighted by Gasteiger charge is 2.30. The van der Waals surface area contributed by atoms with Crippen molar-refractivity contribution in [3.63, 3.8) is 0 Å². The number of carbonyl (C=O) groups is 1. The Labute approximate surface area is 169 Å². The Balaban J connectivity index is 2.28. The molecule has 2 aromatic carbocycles. The van der Waals surface area contributed by atoms with E-state index in [1.54, 1.807) is 19.2 Å². The van der Waals surface area contributed by atoms with Crippen LogP contribution in [0.4, 0.5) is 14.5 Å². The number of hydrogen-bond acceptors (Lipinski definition) is 4. The molecule has 0 aromatic heterocycles. The molecule has 2 rings (SSSR count). The van der Waals surface area contributed by atoms with Gasteiger partial charge in [0.25, 0.3) is 0 Å². The number of methoxy groups -OCH3 is 1. The van der Waals surface area contributed by atoms with Crippen molar-refractivity contribution >= 4 is 21.6 Å². The molecule has 0 saturated heterocycles. The summed E-state index contributed by atoms with van der Waals surface area (Å²) in [6.07, 6.45) is 1.47. The van der Waals surface area contributed by atoms with Crippen LogP contribution >= 0.6 is 0 Å². The minimum Gasteiger partial charge on any atom is -0.497 e. The zero-order valence-corrected chi connectivity index (χ0v) is 17.5. The van der Waals surface area contributed by atoms with E-state index in [2.05, 4.69) is 5.32 Å². The van der Waals surface area contributed by atoms with Gasteiger partial charge in [-0.25, -0.2) is 17.2 Å². The molecule has 0 aliphatic carbocycles. The number of nitrogens with zero attached hydrogens (tertiary/aromatic N) is 1. The molecule has 6 nitrogen and oxygen atoms in total. The summed E-state index contributed by atoms with van der Waals surface area (Å²) in [4.78, 5) is 12.8. The van der Waals surface area contributed by atoms with Gasteiger partial charge in [-0.2, -0.15) is 0 Å². The predicted molar refractivity (Wildman–Crippen MR) is 107 cm³/mol. The maximum atomic E-state index is 13.6. The van der Waals surface area contributed by atoms with E-state index in [0.717, 1.165) is 34.3 Å². The number of anilines is 1. The van der Waals surface area contributed by atoms with Gasteiger partial charge in [0.05, 0.1) is 25.1 Å². The molecule has 0 heterocycles. The van der Waals surface area contributed by atoms with Crippen LogP contribution in [0.15, 0.2) is 42.5 Å². The third kappa shape index (κ3) is 5.44. The molecule has 1 amide bonds. The molecule has 0 unspecified atom stereocenters. The van der Waals surface area contributed by atoms with Gasteiger partial charge in [-0.1, -0.05) is 19.1 Å². The summed E-state index contributed by atoms with van der Waals surface area (Å²) >= 11 is 0. The number of hydrogen-bond donors (Lipinski definition) is 1. The molecule has 0 aliphatic rings. The van der Waals surface area contributed by atoms with E-state index in [0.29, 0.717) is 12.2 Å². The van der Waals surface area contributed by atoms with Gasteiger partial charge >= 0.3 is 0 Å². The van der Waals surface area contributed by atoms with Crippen LogP contribution in [0.5, 0.6) is 5.75 Å². The Bertz CT molecular complexity index is 965. The van der Waals surface area contributed by atoms with E-state index in [-0.39, 0.29) is 11.7 Å². The summed E-state index contributed by atoms with van der Waals surface area (Å²) in [5.74, 6) is -2.20. The van der Waals surface area contributed by atoms with Gasteiger partial charge in [0.15, 0.2) is 11.6 Å². The van der Waals surface area contributed by atoms with E-state index >= 15 is 0 Å². The van der Waals surface area contributed by atoms with Gasteiger partial charge in [-0.15, -0.1) is 0 Å². The fraction of sp³-hybridized carbons (Fsp3) is 0.350. The molecule has 0 radical (unpaired) electrons. The zero-order chi connectivity index (χ0) is 21.8. The number of carbonyl (C=O) groups excluding carboxylic acids is 1. The van der Waals surface area contributed by atoms with Crippen molar-refractivity contribution in [2.45, 2.75) is 32.4 Å². The molecule has 0 saturated carbocycles. The molecule has 0 bridgehead atoms. The van der Waals surface area contributed by atoms with E-state index in [4.69, 9.17) is 4.74 Å². The van der Waals surface area contributed by atoms with Crippen molar-refractivity contribution < 1.29 is 26.7 Å². The summed E-state index contributed by atoms with van der Waals surface area (Å²) in [6, 6.07) is 8.29. The second-order valence-corrected chi connectivity index (χ2v) is 8.44. The average molecular weight is 426 g/mol. The van der Waals surface area contributed by atoms with Crippen LogP contribution in [0.25, 0.3) is 0 Å². The third-order valence-corrected chi connectivity index (χ3v) is 5.73. The number of sulfonamides is 1. The number of halogens is 2. The molecule has 29 heavy (non-hydrogen) atoms. The van der Waals surface area contributed by atoms with Crippen LogP contribution in [-0.4, -0.2) is 33.7 Å². The van der Waals surface area contributed by atoms with Crippen LogP contribution in [0, 0.1) is 11.6 Å². The van der Waals surface area contributed by atoms with Crippen LogP contribution in [-0.2, 0) is 14.8 Å². The fourth-order valence-corrected chi connectivity index (χ4v) is 4.15. The van der Waals surface area contributed by atoms with E-state index in [1.165, 1.54) is 6.92 Å². The second-order valence-electron chi connectivity index (χ2n) is 6.58. The van der Waals surface area contributed by atoms with Gasteiger partial charge in [0.1, 0.15) is 11.8 Å². The molecule has 1 N–H and O–H groups in total. The summed E-state index contributed by atoms with van der Waals surface area (Å²) in [7, 11) is -2.39. The number of benzene rings is 2. The summed E-state index contributed by atoms with van der Waals surface area (Å²) in [6.45, 7) is 3.27. The number of ether oxygens (including phenoxy) is 1. The Kier molecular flexibility index (Phi) is 7.18. The molecule has 2 atom stereocenters. The maximum absolute atomic E-state index is 13.6. The lowest BCUT2D eigenvalue weighted by Crippen LogP contribution is -2.48. The van der Waals surface area contributed by atoms with Crippen LogP contribution in [0.3, 0.4) is 0 Å². The quantitative estimate of drug-likeness (QED) is 0.702. The van der Waals surface area contributed by atoms with E-state index in [1.807, 2.05) is 19.1 Å². The molecule has 2 aromatic rings. The summed E-state index contributed by atoms with van der Waals surface area (Å²) in [5, 5.41) is 2.81. The standard InChI is InChI=1S/C20H24F2N2O4S/c1-5-19(14-6-9-16(28-3)10-7-14)23-20(25)13(2)24(29(4,26)27)15-8-11-17(21)18(22)12-15/h6-13,19H,5H2,1-4H3,(H,23,25)/t13-,19-/m0/s1. The molecule has 0 aliphatic heterocycles. The Morgan fingerprint density at radius 1 is 1.14 bits per heavy atom.